The highest BCUT2D eigenvalue weighted by molar-refractivity contribution is 5.80. The van der Waals surface area contributed by atoms with Crippen molar-refractivity contribution < 1.29 is 13.9 Å². The van der Waals surface area contributed by atoms with Crippen LogP contribution in [0.5, 0.6) is 0 Å². The molecule has 0 aliphatic carbocycles. The van der Waals surface area contributed by atoms with Gasteiger partial charge < -0.3 is 4.74 Å². The Morgan fingerprint density at radius 1 is 1.64 bits per heavy atom. The van der Waals surface area contributed by atoms with Crippen molar-refractivity contribution >= 4 is 12.3 Å². The number of benzene rings is 1. The molecule has 0 aliphatic rings. The molecule has 1 aromatic rings. The van der Waals surface area contributed by atoms with Gasteiger partial charge in [-0.2, -0.15) is 5.10 Å². The van der Waals surface area contributed by atoms with Gasteiger partial charge in [0, 0.05) is 0 Å². The minimum absolute atomic E-state index is 0.355. The number of halogens is 1. The van der Waals surface area contributed by atoms with Crippen molar-refractivity contribution in [2.24, 2.45) is 5.10 Å². The molecular weight excluding hydrogens is 187 g/mol. The second-order valence-electron chi connectivity index (χ2n) is 2.42. The van der Waals surface area contributed by atoms with E-state index in [1.807, 2.05) is 0 Å². The lowest BCUT2D eigenvalue weighted by atomic mass is 10.2. The van der Waals surface area contributed by atoms with Gasteiger partial charge in [0.1, 0.15) is 5.82 Å². The SMILES string of the molecule is COC(=O)N/N=C\c1cccc(F)c1. The van der Waals surface area contributed by atoms with Crippen LogP contribution in [0.3, 0.4) is 0 Å². The molecule has 0 unspecified atom stereocenters. The smallest absolute Gasteiger partial charge is 0.427 e. The van der Waals surface area contributed by atoms with E-state index >= 15 is 0 Å². The number of hydrogen-bond acceptors (Lipinski definition) is 3. The number of rotatable bonds is 2. The molecule has 0 radical (unpaired) electrons. The van der Waals surface area contributed by atoms with Crippen LogP contribution >= 0.6 is 0 Å². The van der Waals surface area contributed by atoms with Gasteiger partial charge in [-0.3, -0.25) is 0 Å². The molecule has 1 amide bonds. The molecule has 5 heteroatoms. The topological polar surface area (TPSA) is 50.7 Å². The van der Waals surface area contributed by atoms with Crippen molar-refractivity contribution in [1.82, 2.24) is 5.43 Å². The molecule has 0 aromatic heterocycles. The molecule has 0 aliphatic heterocycles. The van der Waals surface area contributed by atoms with Gasteiger partial charge in [0.2, 0.25) is 0 Å². The molecule has 1 N–H and O–H groups in total. The van der Waals surface area contributed by atoms with E-state index in [0.29, 0.717) is 5.56 Å². The van der Waals surface area contributed by atoms with Crippen LogP contribution in [0.15, 0.2) is 29.4 Å². The minimum atomic E-state index is -0.669. The third kappa shape index (κ3) is 3.22. The molecule has 74 valence electrons. The number of amides is 1. The molecule has 0 fully saturated rings. The Labute approximate surface area is 80.4 Å². The first kappa shape index (κ1) is 10.2. The van der Waals surface area contributed by atoms with E-state index in [1.54, 1.807) is 12.1 Å². The molecular formula is C9H9FN2O2. The van der Waals surface area contributed by atoms with E-state index in [4.69, 9.17) is 0 Å². The van der Waals surface area contributed by atoms with E-state index in [0.717, 1.165) is 0 Å². The number of ether oxygens (including phenoxy) is 1. The Morgan fingerprint density at radius 2 is 2.43 bits per heavy atom. The second kappa shape index (κ2) is 4.96. The molecule has 0 heterocycles. The predicted octanol–water partition coefficient (Wildman–Crippen LogP) is 1.52. The van der Waals surface area contributed by atoms with Crippen molar-refractivity contribution in [3.63, 3.8) is 0 Å². The van der Waals surface area contributed by atoms with Crippen molar-refractivity contribution in [3.8, 4) is 0 Å². The molecule has 4 nitrogen and oxygen atoms in total. The molecule has 0 saturated carbocycles. The van der Waals surface area contributed by atoms with Gasteiger partial charge in [-0.25, -0.2) is 14.6 Å². The van der Waals surface area contributed by atoms with Crippen LogP contribution in [0.4, 0.5) is 9.18 Å². The van der Waals surface area contributed by atoms with Crippen molar-refractivity contribution in [2.45, 2.75) is 0 Å². The maximum Gasteiger partial charge on any atom is 0.427 e. The Balaban J connectivity index is 2.56. The second-order valence-corrected chi connectivity index (χ2v) is 2.42. The van der Waals surface area contributed by atoms with Gasteiger partial charge in [0.05, 0.1) is 13.3 Å². The summed E-state index contributed by atoms with van der Waals surface area (Å²) < 4.78 is 16.9. The number of methoxy groups -OCH3 is 1. The Hall–Kier alpha value is -1.91. The number of carbonyl (C=O) groups is 1. The average molecular weight is 196 g/mol. The van der Waals surface area contributed by atoms with Gasteiger partial charge in [-0.1, -0.05) is 12.1 Å². The molecule has 1 rings (SSSR count). The standard InChI is InChI=1S/C9H9FN2O2/c1-14-9(13)12-11-6-7-3-2-4-8(10)5-7/h2-6H,1H3,(H,12,13)/b11-6-. The van der Waals surface area contributed by atoms with Crippen LogP contribution in [0.1, 0.15) is 5.56 Å². The van der Waals surface area contributed by atoms with Gasteiger partial charge >= 0.3 is 6.09 Å². The summed E-state index contributed by atoms with van der Waals surface area (Å²) in [5, 5.41) is 3.54. The summed E-state index contributed by atoms with van der Waals surface area (Å²) in [7, 11) is 1.23. The largest absolute Gasteiger partial charge is 0.452 e. The lowest BCUT2D eigenvalue weighted by Crippen LogP contribution is -2.16. The predicted molar refractivity (Wildman–Crippen MR) is 49.5 cm³/mol. The summed E-state index contributed by atoms with van der Waals surface area (Å²) in [5.41, 5.74) is 2.64. The van der Waals surface area contributed by atoms with E-state index in [-0.39, 0.29) is 5.82 Å². The van der Waals surface area contributed by atoms with Crippen LogP contribution in [-0.4, -0.2) is 19.4 Å². The van der Waals surface area contributed by atoms with E-state index < -0.39 is 6.09 Å². The van der Waals surface area contributed by atoms with Crippen LogP contribution < -0.4 is 5.43 Å². The van der Waals surface area contributed by atoms with Crippen LogP contribution in [-0.2, 0) is 4.74 Å². The first-order chi connectivity index (χ1) is 6.72. The Morgan fingerprint density at radius 3 is 3.07 bits per heavy atom. The maximum atomic E-state index is 12.6. The number of nitrogens with one attached hydrogen (secondary N) is 1. The highest BCUT2D eigenvalue weighted by atomic mass is 19.1. The zero-order valence-corrected chi connectivity index (χ0v) is 7.53. The van der Waals surface area contributed by atoms with Crippen molar-refractivity contribution in [3.05, 3.63) is 35.6 Å². The van der Waals surface area contributed by atoms with Gasteiger partial charge in [-0.05, 0) is 17.7 Å². The van der Waals surface area contributed by atoms with Crippen LogP contribution in [0, 0.1) is 5.82 Å². The molecule has 14 heavy (non-hydrogen) atoms. The molecule has 0 spiro atoms. The Kier molecular flexibility index (Phi) is 3.60. The van der Waals surface area contributed by atoms with E-state index in [9.17, 15) is 9.18 Å². The number of hydrogen-bond donors (Lipinski definition) is 1. The van der Waals surface area contributed by atoms with Crippen molar-refractivity contribution in [1.29, 1.82) is 0 Å². The quantitative estimate of drug-likeness (QED) is 0.575. The maximum absolute atomic E-state index is 12.6. The fourth-order valence-corrected chi connectivity index (χ4v) is 0.792. The summed E-state index contributed by atoms with van der Waals surface area (Å²) in [4.78, 5) is 10.5. The fourth-order valence-electron chi connectivity index (χ4n) is 0.792. The number of hydrazone groups is 1. The average Bonchev–Trinajstić information content (AvgIpc) is 2.17. The normalized spacial score (nSPS) is 10.1. The van der Waals surface area contributed by atoms with Gasteiger partial charge in [0.15, 0.2) is 0 Å². The van der Waals surface area contributed by atoms with Gasteiger partial charge in [0.25, 0.3) is 0 Å². The molecule has 0 atom stereocenters. The lowest BCUT2D eigenvalue weighted by Gasteiger charge is -1.95. The highest BCUT2D eigenvalue weighted by Crippen LogP contribution is 1.99. The highest BCUT2D eigenvalue weighted by Gasteiger charge is 1.93. The Bertz CT molecular complexity index is 352. The third-order valence-corrected chi connectivity index (χ3v) is 1.40. The summed E-state index contributed by atoms with van der Waals surface area (Å²) >= 11 is 0. The zero-order chi connectivity index (χ0) is 10.4. The zero-order valence-electron chi connectivity index (χ0n) is 7.53. The molecule has 1 aromatic carbocycles. The minimum Gasteiger partial charge on any atom is -0.452 e. The third-order valence-electron chi connectivity index (χ3n) is 1.40. The van der Waals surface area contributed by atoms with E-state index in [2.05, 4.69) is 15.3 Å². The lowest BCUT2D eigenvalue weighted by molar-refractivity contribution is 0.171. The molecule has 0 saturated heterocycles. The van der Waals surface area contributed by atoms with E-state index in [1.165, 1.54) is 25.5 Å². The number of nitrogens with zero attached hydrogens (tertiary/aromatic N) is 1. The number of carbonyl (C=O) groups excluding carboxylic acids is 1. The first-order valence-electron chi connectivity index (χ1n) is 3.85. The van der Waals surface area contributed by atoms with Crippen molar-refractivity contribution in [2.75, 3.05) is 7.11 Å². The summed E-state index contributed by atoms with van der Waals surface area (Å²) in [5.74, 6) is -0.355. The fraction of sp³-hybridized carbons (Fsp3) is 0.111. The van der Waals surface area contributed by atoms with Crippen LogP contribution in [0.2, 0.25) is 0 Å². The first-order valence-corrected chi connectivity index (χ1v) is 3.85. The monoisotopic (exact) mass is 196 g/mol. The summed E-state index contributed by atoms with van der Waals surface area (Å²) in [6.07, 6.45) is 0.651. The summed E-state index contributed by atoms with van der Waals surface area (Å²) in [6.45, 7) is 0. The van der Waals surface area contributed by atoms with Crippen LogP contribution in [0.25, 0.3) is 0 Å². The van der Waals surface area contributed by atoms with Gasteiger partial charge in [-0.15, -0.1) is 0 Å². The molecule has 0 bridgehead atoms. The summed E-state index contributed by atoms with van der Waals surface area (Å²) in [6, 6.07) is 5.83.